The van der Waals surface area contributed by atoms with Gasteiger partial charge < -0.3 is 15.0 Å². The third-order valence-electron chi connectivity index (χ3n) is 3.54. The quantitative estimate of drug-likeness (QED) is 0.863. The fourth-order valence-corrected chi connectivity index (χ4v) is 2.31. The van der Waals surface area contributed by atoms with E-state index in [0.717, 1.165) is 18.5 Å². The summed E-state index contributed by atoms with van der Waals surface area (Å²) in [6, 6.07) is 5.55. The van der Waals surface area contributed by atoms with E-state index in [1.807, 2.05) is 17.0 Å². The van der Waals surface area contributed by atoms with E-state index < -0.39 is 0 Å². The Hall–Kier alpha value is -2.13. The highest BCUT2D eigenvalue weighted by molar-refractivity contribution is 5.86. The van der Waals surface area contributed by atoms with Gasteiger partial charge in [-0.2, -0.15) is 5.26 Å². The van der Waals surface area contributed by atoms with E-state index in [4.69, 9.17) is 10.00 Å². The average Bonchev–Trinajstić information content (AvgIpc) is 3.31. The van der Waals surface area contributed by atoms with E-state index in [1.165, 1.54) is 0 Å². The molecule has 104 valence electrons. The molecule has 1 aromatic rings. The number of hydrogen-bond donors (Lipinski definition) is 1. The molecule has 3 rings (SSSR count). The number of rotatable bonds is 3. The second-order valence-electron chi connectivity index (χ2n) is 5.08. The zero-order chi connectivity index (χ0) is 13.9. The number of pyridine rings is 1. The van der Waals surface area contributed by atoms with Crippen molar-refractivity contribution in [1.29, 1.82) is 5.26 Å². The molecular formula is C14H16N4O2. The van der Waals surface area contributed by atoms with Crippen molar-refractivity contribution >= 4 is 11.6 Å². The Labute approximate surface area is 117 Å². The van der Waals surface area contributed by atoms with Gasteiger partial charge in [-0.15, -0.1) is 0 Å². The van der Waals surface area contributed by atoms with Crippen LogP contribution in [0.25, 0.3) is 0 Å². The molecule has 0 radical (unpaired) electrons. The molecule has 1 aliphatic carbocycles. The van der Waals surface area contributed by atoms with Crippen LogP contribution in [0, 0.1) is 11.3 Å². The molecule has 1 atom stereocenters. The number of hydrogen-bond acceptors (Lipinski definition) is 5. The topological polar surface area (TPSA) is 78.2 Å². The molecule has 1 aromatic heterocycles. The second-order valence-corrected chi connectivity index (χ2v) is 5.08. The first-order valence-electron chi connectivity index (χ1n) is 6.79. The van der Waals surface area contributed by atoms with Crippen LogP contribution in [0.3, 0.4) is 0 Å². The summed E-state index contributed by atoms with van der Waals surface area (Å²) in [5.41, 5.74) is 1.20. The molecule has 1 saturated heterocycles. The smallest absolute Gasteiger partial charge is 0.245 e. The Bertz CT molecular complexity index is 550. The normalized spacial score (nSPS) is 22.1. The SMILES string of the molecule is N#Cc1cc(N2CCOCC2C(=O)NC2CC2)ccn1. The molecule has 2 aliphatic rings. The maximum atomic E-state index is 12.3. The van der Waals surface area contributed by atoms with Crippen molar-refractivity contribution in [1.82, 2.24) is 10.3 Å². The fraction of sp³-hybridized carbons (Fsp3) is 0.500. The number of anilines is 1. The lowest BCUT2D eigenvalue weighted by Crippen LogP contribution is -2.54. The summed E-state index contributed by atoms with van der Waals surface area (Å²) in [5.74, 6) is 0.00233. The number of aromatic nitrogens is 1. The summed E-state index contributed by atoms with van der Waals surface area (Å²) < 4.78 is 5.43. The number of amides is 1. The lowest BCUT2D eigenvalue weighted by atomic mass is 10.1. The molecule has 2 fully saturated rings. The molecule has 0 spiro atoms. The summed E-state index contributed by atoms with van der Waals surface area (Å²) in [5, 5.41) is 11.9. The fourth-order valence-electron chi connectivity index (χ4n) is 2.31. The van der Waals surface area contributed by atoms with Crippen LogP contribution in [-0.4, -0.2) is 42.7 Å². The zero-order valence-electron chi connectivity index (χ0n) is 11.1. The molecule has 1 amide bonds. The minimum Gasteiger partial charge on any atom is -0.377 e. The van der Waals surface area contributed by atoms with Crippen LogP contribution in [0.15, 0.2) is 18.3 Å². The van der Waals surface area contributed by atoms with E-state index in [0.29, 0.717) is 31.5 Å². The highest BCUT2D eigenvalue weighted by Crippen LogP contribution is 2.22. The molecule has 2 heterocycles. The van der Waals surface area contributed by atoms with Gasteiger partial charge in [-0.1, -0.05) is 0 Å². The van der Waals surface area contributed by atoms with Crippen molar-refractivity contribution in [2.75, 3.05) is 24.7 Å². The monoisotopic (exact) mass is 272 g/mol. The molecule has 20 heavy (non-hydrogen) atoms. The van der Waals surface area contributed by atoms with Crippen LogP contribution in [0.2, 0.25) is 0 Å². The Balaban J connectivity index is 1.80. The number of carbonyl (C=O) groups excluding carboxylic acids is 1. The Morgan fingerprint density at radius 1 is 1.55 bits per heavy atom. The van der Waals surface area contributed by atoms with Crippen molar-refractivity contribution in [3.8, 4) is 6.07 Å². The van der Waals surface area contributed by atoms with Crippen molar-refractivity contribution in [2.24, 2.45) is 0 Å². The summed E-state index contributed by atoms with van der Waals surface area (Å²) in [6.45, 7) is 1.60. The van der Waals surface area contributed by atoms with Gasteiger partial charge in [0, 0.05) is 24.5 Å². The molecule has 0 bridgehead atoms. The maximum Gasteiger partial charge on any atom is 0.245 e. The molecular weight excluding hydrogens is 256 g/mol. The number of morpholine rings is 1. The molecule has 1 saturated carbocycles. The largest absolute Gasteiger partial charge is 0.377 e. The third-order valence-corrected chi connectivity index (χ3v) is 3.54. The van der Waals surface area contributed by atoms with E-state index >= 15 is 0 Å². The first-order chi connectivity index (χ1) is 9.78. The van der Waals surface area contributed by atoms with Crippen LogP contribution in [0.4, 0.5) is 5.69 Å². The number of ether oxygens (including phenoxy) is 1. The number of carbonyl (C=O) groups is 1. The van der Waals surface area contributed by atoms with Gasteiger partial charge in [0.1, 0.15) is 17.8 Å². The Morgan fingerprint density at radius 2 is 2.40 bits per heavy atom. The number of nitrogens with one attached hydrogen (secondary N) is 1. The van der Waals surface area contributed by atoms with Crippen LogP contribution in [-0.2, 0) is 9.53 Å². The highest BCUT2D eigenvalue weighted by Gasteiger charge is 2.33. The van der Waals surface area contributed by atoms with E-state index in [-0.39, 0.29) is 11.9 Å². The van der Waals surface area contributed by atoms with Gasteiger partial charge in [0.15, 0.2) is 0 Å². The summed E-state index contributed by atoms with van der Waals surface area (Å²) in [7, 11) is 0. The molecule has 6 nitrogen and oxygen atoms in total. The highest BCUT2D eigenvalue weighted by atomic mass is 16.5. The lowest BCUT2D eigenvalue weighted by Gasteiger charge is -2.36. The summed E-state index contributed by atoms with van der Waals surface area (Å²) in [4.78, 5) is 18.2. The van der Waals surface area contributed by atoms with Crippen molar-refractivity contribution in [2.45, 2.75) is 24.9 Å². The minimum atomic E-state index is -0.335. The summed E-state index contributed by atoms with van der Waals surface area (Å²) in [6.07, 6.45) is 3.72. The van der Waals surface area contributed by atoms with Crippen LogP contribution < -0.4 is 10.2 Å². The molecule has 1 N–H and O–H groups in total. The van der Waals surface area contributed by atoms with Crippen LogP contribution in [0.1, 0.15) is 18.5 Å². The molecule has 1 unspecified atom stereocenters. The van der Waals surface area contributed by atoms with E-state index in [2.05, 4.69) is 10.3 Å². The predicted molar refractivity (Wildman–Crippen MR) is 72.1 cm³/mol. The van der Waals surface area contributed by atoms with Crippen LogP contribution >= 0.6 is 0 Å². The van der Waals surface area contributed by atoms with E-state index in [1.54, 1.807) is 12.3 Å². The molecule has 0 aromatic carbocycles. The van der Waals surface area contributed by atoms with Gasteiger partial charge >= 0.3 is 0 Å². The van der Waals surface area contributed by atoms with Gasteiger partial charge in [0.25, 0.3) is 0 Å². The average molecular weight is 272 g/mol. The second kappa shape index (κ2) is 5.47. The number of nitriles is 1. The first kappa shape index (κ1) is 12.9. The molecule has 6 heteroatoms. The lowest BCUT2D eigenvalue weighted by molar-refractivity contribution is -0.124. The van der Waals surface area contributed by atoms with Gasteiger partial charge in [-0.3, -0.25) is 4.79 Å². The summed E-state index contributed by atoms with van der Waals surface area (Å²) >= 11 is 0. The predicted octanol–water partition coefficient (Wildman–Crippen LogP) is 0.437. The zero-order valence-corrected chi connectivity index (χ0v) is 11.1. The van der Waals surface area contributed by atoms with Crippen LogP contribution in [0.5, 0.6) is 0 Å². The number of nitrogens with zero attached hydrogens (tertiary/aromatic N) is 3. The van der Waals surface area contributed by atoms with Crippen molar-refractivity contribution < 1.29 is 9.53 Å². The Kier molecular flexibility index (Phi) is 3.52. The first-order valence-corrected chi connectivity index (χ1v) is 6.79. The van der Waals surface area contributed by atoms with Gasteiger partial charge in [0.2, 0.25) is 5.91 Å². The van der Waals surface area contributed by atoms with Gasteiger partial charge in [0.05, 0.1) is 13.2 Å². The van der Waals surface area contributed by atoms with Crippen molar-refractivity contribution in [3.63, 3.8) is 0 Å². The third kappa shape index (κ3) is 2.73. The van der Waals surface area contributed by atoms with Crippen molar-refractivity contribution in [3.05, 3.63) is 24.0 Å². The molecule has 1 aliphatic heterocycles. The van der Waals surface area contributed by atoms with Gasteiger partial charge in [-0.25, -0.2) is 4.98 Å². The minimum absolute atomic E-state index is 0.00233. The standard InChI is InChI=1S/C14H16N4O2/c15-8-11-7-12(3-4-16-11)18-5-6-20-9-13(18)14(19)17-10-1-2-10/h3-4,7,10,13H,1-2,5-6,9H2,(H,17,19). The maximum absolute atomic E-state index is 12.3. The van der Waals surface area contributed by atoms with E-state index in [9.17, 15) is 4.79 Å². The Morgan fingerprint density at radius 3 is 3.15 bits per heavy atom. The van der Waals surface area contributed by atoms with Gasteiger partial charge in [-0.05, 0) is 25.0 Å².